The molecule has 2 unspecified atom stereocenters. The first kappa shape index (κ1) is 72.1. The Morgan fingerprint density at radius 1 is 0.378 bits per heavy atom. The standard InChI is InChI=1S/C68H129NO5/c1-3-5-7-9-11-13-15-17-36-40-44-48-52-56-60-66(71)65(64-70)69-67(72)61-57-53-49-45-41-37-34-32-30-28-26-24-22-20-19-21-23-25-27-29-31-33-35-39-43-47-51-55-59-63-74-68(73)62-58-54-50-46-42-38-18-16-14-12-10-8-6-4-2/h10,12,16,18-19,21,65-66,70-71H,3-9,11,13-15,17,20,22-64H2,1-2H3,(H,69,72)/b12-10-,18-16-,21-19-. The molecule has 2 atom stereocenters. The zero-order valence-corrected chi connectivity index (χ0v) is 49.8. The summed E-state index contributed by atoms with van der Waals surface area (Å²) in [7, 11) is 0. The lowest BCUT2D eigenvalue weighted by molar-refractivity contribution is -0.143. The Morgan fingerprint density at radius 2 is 0.689 bits per heavy atom. The molecule has 0 aliphatic heterocycles. The van der Waals surface area contributed by atoms with Crippen molar-refractivity contribution in [2.75, 3.05) is 13.2 Å². The van der Waals surface area contributed by atoms with E-state index < -0.39 is 12.1 Å². The van der Waals surface area contributed by atoms with Gasteiger partial charge < -0.3 is 20.3 Å². The molecule has 0 saturated carbocycles. The number of unbranched alkanes of at least 4 members (excludes halogenated alkanes) is 45. The predicted molar refractivity (Wildman–Crippen MR) is 324 cm³/mol. The number of hydrogen-bond donors (Lipinski definition) is 3. The van der Waals surface area contributed by atoms with E-state index in [0.29, 0.717) is 25.9 Å². The Labute approximate surface area is 462 Å². The van der Waals surface area contributed by atoms with Crippen LogP contribution in [0.3, 0.4) is 0 Å². The summed E-state index contributed by atoms with van der Waals surface area (Å²) in [6, 6.07) is -0.540. The van der Waals surface area contributed by atoms with E-state index in [-0.39, 0.29) is 18.5 Å². The second-order valence-corrected chi connectivity index (χ2v) is 22.8. The van der Waals surface area contributed by atoms with Crippen molar-refractivity contribution in [1.82, 2.24) is 5.32 Å². The van der Waals surface area contributed by atoms with E-state index in [1.54, 1.807) is 0 Å². The average Bonchev–Trinajstić information content (AvgIpc) is 3.40. The summed E-state index contributed by atoms with van der Waals surface area (Å²) < 4.78 is 5.48. The Hall–Kier alpha value is -1.92. The van der Waals surface area contributed by atoms with Gasteiger partial charge in [0, 0.05) is 12.8 Å². The van der Waals surface area contributed by atoms with E-state index in [2.05, 4.69) is 55.6 Å². The Kier molecular flexibility index (Phi) is 62.0. The van der Waals surface area contributed by atoms with E-state index in [0.717, 1.165) is 51.4 Å². The summed E-state index contributed by atoms with van der Waals surface area (Å²) in [6.07, 6.45) is 80.3. The molecule has 0 aromatic heterocycles. The number of carbonyl (C=O) groups is 2. The molecule has 74 heavy (non-hydrogen) atoms. The van der Waals surface area contributed by atoms with Crippen molar-refractivity contribution < 1.29 is 24.5 Å². The predicted octanol–water partition coefficient (Wildman–Crippen LogP) is 21.1. The number of allylic oxidation sites excluding steroid dienone is 6. The molecule has 0 fully saturated rings. The Bertz CT molecular complexity index is 1200. The smallest absolute Gasteiger partial charge is 0.305 e. The van der Waals surface area contributed by atoms with Crippen molar-refractivity contribution in [2.45, 2.75) is 373 Å². The fourth-order valence-corrected chi connectivity index (χ4v) is 10.3. The molecule has 0 aliphatic rings. The van der Waals surface area contributed by atoms with Crippen LogP contribution in [0, 0.1) is 0 Å². The third-order valence-corrected chi connectivity index (χ3v) is 15.4. The van der Waals surface area contributed by atoms with Crippen molar-refractivity contribution in [3.8, 4) is 0 Å². The number of rotatable bonds is 62. The van der Waals surface area contributed by atoms with Crippen LogP contribution in [0.4, 0.5) is 0 Å². The van der Waals surface area contributed by atoms with Crippen LogP contribution in [-0.4, -0.2) is 47.4 Å². The second-order valence-electron chi connectivity index (χ2n) is 22.8. The van der Waals surface area contributed by atoms with Crippen LogP contribution < -0.4 is 5.32 Å². The van der Waals surface area contributed by atoms with E-state index >= 15 is 0 Å². The number of aliphatic hydroxyl groups is 2. The number of ether oxygens (including phenoxy) is 1. The largest absolute Gasteiger partial charge is 0.466 e. The van der Waals surface area contributed by atoms with Crippen molar-refractivity contribution in [3.05, 3.63) is 36.5 Å². The normalized spacial score (nSPS) is 12.8. The quantitative estimate of drug-likeness (QED) is 0.0320. The molecule has 1 amide bonds. The topological polar surface area (TPSA) is 95.9 Å². The van der Waals surface area contributed by atoms with Gasteiger partial charge in [-0.2, -0.15) is 0 Å². The highest BCUT2D eigenvalue weighted by molar-refractivity contribution is 5.76. The molecule has 3 N–H and O–H groups in total. The van der Waals surface area contributed by atoms with Gasteiger partial charge in [-0.25, -0.2) is 0 Å². The van der Waals surface area contributed by atoms with Crippen molar-refractivity contribution in [1.29, 1.82) is 0 Å². The van der Waals surface area contributed by atoms with E-state index in [1.807, 2.05) is 0 Å². The minimum Gasteiger partial charge on any atom is -0.466 e. The number of amides is 1. The Morgan fingerprint density at radius 3 is 1.08 bits per heavy atom. The summed E-state index contributed by atoms with van der Waals surface area (Å²) in [5.41, 5.74) is 0. The lowest BCUT2D eigenvalue weighted by Gasteiger charge is -2.22. The van der Waals surface area contributed by atoms with Crippen LogP contribution >= 0.6 is 0 Å². The molecule has 436 valence electrons. The molecule has 0 aliphatic carbocycles. The molecule has 6 heteroatoms. The number of nitrogens with one attached hydrogen (secondary N) is 1. The molecule has 0 rings (SSSR count). The van der Waals surface area contributed by atoms with Crippen LogP contribution in [0.1, 0.15) is 361 Å². The third-order valence-electron chi connectivity index (χ3n) is 15.4. The summed E-state index contributed by atoms with van der Waals surface area (Å²) in [6.45, 7) is 4.93. The summed E-state index contributed by atoms with van der Waals surface area (Å²) in [4.78, 5) is 24.5. The maximum absolute atomic E-state index is 12.5. The molecule has 0 saturated heterocycles. The van der Waals surface area contributed by atoms with Crippen LogP contribution in [0.25, 0.3) is 0 Å². The summed E-state index contributed by atoms with van der Waals surface area (Å²) >= 11 is 0. The lowest BCUT2D eigenvalue weighted by atomic mass is 10.0. The van der Waals surface area contributed by atoms with E-state index in [4.69, 9.17) is 4.74 Å². The minimum atomic E-state index is -0.663. The maximum atomic E-state index is 12.5. The molecular formula is C68H129NO5. The van der Waals surface area contributed by atoms with Gasteiger partial charge in [0.15, 0.2) is 0 Å². The highest BCUT2D eigenvalue weighted by Crippen LogP contribution is 2.18. The van der Waals surface area contributed by atoms with Gasteiger partial charge in [-0.05, 0) is 77.0 Å². The fraction of sp³-hybridized carbons (Fsp3) is 0.882. The average molecular weight is 1040 g/mol. The zero-order valence-electron chi connectivity index (χ0n) is 49.8. The van der Waals surface area contributed by atoms with Crippen molar-refractivity contribution >= 4 is 11.9 Å². The first-order valence-corrected chi connectivity index (χ1v) is 33.2. The highest BCUT2D eigenvalue weighted by Gasteiger charge is 2.20. The number of aliphatic hydroxyl groups excluding tert-OH is 2. The molecule has 0 aromatic rings. The van der Waals surface area contributed by atoms with Crippen LogP contribution in [0.15, 0.2) is 36.5 Å². The van der Waals surface area contributed by atoms with Gasteiger partial charge in [0.05, 0.1) is 25.4 Å². The lowest BCUT2D eigenvalue weighted by Crippen LogP contribution is -2.45. The first-order valence-electron chi connectivity index (χ1n) is 33.2. The number of hydrogen-bond acceptors (Lipinski definition) is 5. The van der Waals surface area contributed by atoms with Gasteiger partial charge >= 0.3 is 5.97 Å². The van der Waals surface area contributed by atoms with Gasteiger partial charge in [0.25, 0.3) is 0 Å². The monoisotopic (exact) mass is 1040 g/mol. The molecule has 0 aromatic carbocycles. The number of carbonyl (C=O) groups excluding carboxylic acids is 2. The summed E-state index contributed by atoms with van der Waals surface area (Å²) in [5.74, 6) is -0.0306. The van der Waals surface area contributed by atoms with Crippen LogP contribution in [0.2, 0.25) is 0 Å². The molecule has 0 radical (unpaired) electrons. The first-order chi connectivity index (χ1) is 36.5. The van der Waals surface area contributed by atoms with Gasteiger partial charge in [0.2, 0.25) is 5.91 Å². The maximum Gasteiger partial charge on any atom is 0.305 e. The molecular weight excluding hydrogens is 911 g/mol. The van der Waals surface area contributed by atoms with Crippen LogP contribution in [0.5, 0.6) is 0 Å². The van der Waals surface area contributed by atoms with E-state index in [9.17, 15) is 19.8 Å². The molecule has 0 heterocycles. The molecule has 0 bridgehead atoms. The second kappa shape index (κ2) is 63.6. The third kappa shape index (κ3) is 59.3. The fourth-order valence-electron chi connectivity index (χ4n) is 10.3. The van der Waals surface area contributed by atoms with Crippen LogP contribution in [-0.2, 0) is 14.3 Å². The SMILES string of the molecule is CCCC/C=C\C/C=C\CCCCCCCC(=O)OCCCCCCCCCCCCCC/C=C\CCCCCCCCCCCCCCCC(=O)NC(CO)C(O)CCCCCCCCCCCCCCCC. The molecule has 0 spiro atoms. The van der Waals surface area contributed by atoms with Crippen molar-refractivity contribution in [3.63, 3.8) is 0 Å². The van der Waals surface area contributed by atoms with E-state index in [1.165, 1.54) is 276 Å². The van der Waals surface area contributed by atoms with Gasteiger partial charge in [0.1, 0.15) is 0 Å². The van der Waals surface area contributed by atoms with Gasteiger partial charge in [-0.3, -0.25) is 9.59 Å². The highest BCUT2D eigenvalue weighted by atomic mass is 16.5. The van der Waals surface area contributed by atoms with Crippen molar-refractivity contribution in [2.24, 2.45) is 0 Å². The van der Waals surface area contributed by atoms with Gasteiger partial charge in [-0.1, -0.05) is 307 Å². The summed E-state index contributed by atoms with van der Waals surface area (Å²) in [5, 5.41) is 23.3. The minimum absolute atomic E-state index is 0.00195. The molecule has 6 nitrogen and oxygen atoms in total. The Balaban J connectivity index is 3.37. The zero-order chi connectivity index (χ0) is 53.6. The van der Waals surface area contributed by atoms with Gasteiger partial charge in [-0.15, -0.1) is 0 Å². The number of esters is 1.